The van der Waals surface area contributed by atoms with E-state index < -0.39 is 11.7 Å². The van der Waals surface area contributed by atoms with Gasteiger partial charge in [-0.15, -0.1) is 0 Å². The molecule has 0 aliphatic rings. The molecule has 0 aliphatic carbocycles. The zero-order chi connectivity index (χ0) is 14.2. The highest BCUT2D eigenvalue weighted by Crippen LogP contribution is 2.31. The molecular formula is C16H12F3N. The summed E-state index contributed by atoms with van der Waals surface area (Å²) >= 11 is 0. The molecule has 3 rings (SSSR count). The second kappa shape index (κ2) is 4.71. The molecule has 0 spiro atoms. The maximum Gasteiger partial charge on any atom is 0.416 e. The summed E-state index contributed by atoms with van der Waals surface area (Å²) in [6, 6.07) is 15.4. The van der Waals surface area contributed by atoms with Gasteiger partial charge in [0.2, 0.25) is 0 Å². The summed E-state index contributed by atoms with van der Waals surface area (Å²) in [6.45, 7) is 0.649. The number of aromatic nitrogens is 1. The van der Waals surface area contributed by atoms with Crippen LogP contribution in [0.5, 0.6) is 0 Å². The van der Waals surface area contributed by atoms with Crippen molar-refractivity contribution in [2.24, 2.45) is 0 Å². The van der Waals surface area contributed by atoms with Gasteiger partial charge in [0.05, 0.1) is 5.56 Å². The molecule has 0 aliphatic heterocycles. The molecule has 1 nitrogen and oxygen atoms in total. The molecule has 0 saturated carbocycles. The van der Waals surface area contributed by atoms with E-state index in [0.717, 1.165) is 17.1 Å². The molecule has 3 aromatic rings. The average molecular weight is 275 g/mol. The van der Waals surface area contributed by atoms with Gasteiger partial charge in [-0.25, -0.2) is 0 Å². The zero-order valence-corrected chi connectivity index (χ0v) is 10.6. The Morgan fingerprint density at radius 2 is 1.65 bits per heavy atom. The summed E-state index contributed by atoms with van der Waals surface area (Å²) in [7, 11) is 0. The first-order chi connectivity index (χ1) is 9.54. The third-order valence-electron chi connectivity index (χ3n) is 3.29. The standard InChI is InChI=1S/C16H12F3N/c17-16(18,19)14-6-7-15-13(10-14)8-9-20(15)11-12-4-2-1-3-5-12/h1-10H,11H2. The van der Waals surface area contributed by atoms with Crippen LogP contribution in [0.4, 0.5) is 13.2 Å². The molecule has 0 atom stereocenters. The lowest BCUT2D eigenvalue weighted by Crippen LogP contribution is -2.04. The van der Waals surface area contributed by atoms with Gasteiger partial charge in [-0.05, 0) is 29.8 Å². The molecule has 102 valence electrons. The molecule has 0 bridgehead atoms. The number of fused-ring (bicyclic) bond motifs is 1. The number of rotatable bonds is 2. The van der Waals surface area contributed by atoms with Crippen LogP contribution in [0.1, 0.15) is 11.1 Å². The van der Waals surface area contributed by atoms with Gasteiger partial charge in [0.1, 0.15) is 0 Å². The fourth-order valence-corrected chi connectivity index (χ4v) is 2.29. The SMILES string of the molecule is FC(F)(F)c1ccc2c(ccn2Cc2ccccc2)c1. The molecule has 0 unspecified atom stereocenters. The summed E-state index contributed by atoms with van der Waals surface area (Å²) in [6.07, 6.45) is -2.48. The first kappa shape index (κ1) is 12.8. The number of hydrogen-bond donors (Lipinski definition) is 0. The average Bonchev–Trinajstić information content (AvgIpc) is 2.81. The Hall–Kier alpha value is -2.23. The van der Waals surface area contributed by atoms with Crippen molar-refractivity contribution in [2.45, 2.75) is 12.7 Å². The lowest BCUT2D eigenvalue weighted by molar-refractivity contribution is -0.137. The lowest BCUT2D eigenvalue weighted by Gasteiger charge is -2.08. The van der Waals surface area contributed by atoms with Crippen LogP contribution in [0.25, 0.3) is 10.9 Å². The van der Waals surface area contributed by atoms with E-state index in [1.165, 1.54) is 12.1 Å². The molecule has 20 heavy (non-hydrogen) atoms. The Balaban J connectivity index is 1.98. The van der Waals surface area contributed by atoms with Crippen molar-refractivity contribution < 1.29 is 13.2 Å². The summed E-state index contributed by atoms with van der Waals surface area (Å²) in [5.74, 6) is 0. The molecule has 4 heteroatoms. The summed E-state index contributed by atoms with van der Waals surface area (Å²) in [5.41, 5.74) is 1.31. The Kier molecular flexibility index (Phi) is 3.01. The highest BCUT2D eigenvalue weighted by molar-refractivity contribution is 5.81. The van der Waals surface area contributed by atoms with Gasteiger partial charge < -0.3 is 4.57 Å². The van der Waals surface area contributed by atoms with E-state index >= 15 is 0 Å². The van der Waals surface area contributed by atoms with Crippen molar-refractivity contribution in [3.05, 3.63) is 71.9 Å². The van der Waals surface area contributed by atoms with Crippen LogP contribution in [-0.2, 0) is 12.7 Å². The van der Waals surface area contributed by atoms with Crippen LogP contribution < -0.4 is 0 Å². The van der Waals surface area contributed by atoms with Gasteiger partial charge in [-0.3, -0.25) is 0 Å². The van der Waals surface area contributed by atoms with Crippen LogP contribution in [-0.4, -0.2) is 4.57 Å². The first-order valence-electron chi connectivity index (χ1n) is 6.24. The van der Waals surface area contributed by atoms with Gasteiger partial charge >= 0.3 is 6.18 Å². The normalized spacial score (nSPS) is 11.9. The van der Waals surface area contributed by atoms with E-state index in [0.29, 0.717) is 11.9 Å². The minimum absolute atomic E-state index is 0.607. The first-order valence-corrected chi connectivity index (χ1v) is 6.24. The van der Waals surface area contributed by atoms with Crippen LogP contribution in [0, 0.1) is 0 Å². The lowest BCUT2D eigenvalue weighted by atomic mass is 10.1. The van der Waals surface area contributed by atoms with Gasteiger partial charge in [0.15, 0.2) is 0 Å². The van der Waals surface area contributed by atoms with Crippen molar-refractivity contribution in [3.8, 4) is 0 Å². The summed E-state index contributed by atoms with van der Waals surface area (Å²) in [4.78, 5) is 0. The molecule has 0 radical (unpaired) electrons. The second-order valence-corrected chi connectivity index (χ2v) is 4.70. The van der Waals surface area contributed by atoms with E-state index in [9.17, 15) is 13.2 Å². The Bertz CT molecular complexity index is 726. The Labute approximate surface area is 114 Å². The molecule has 1 heterocycles. The minimum atomic E-state index is -4.30. The molecular weight excluding hydrogens is 263 g/mol. The maximum absolute atomic E-state index is 12.7. The summed E-state index contributed by atoms with van der Waals surface area (Å²) in [5, 5.41) is 0.607. The fraction of sp³-hybridized carbons (Fsp3) is 0.125. The fourth-order valence-electron chi connectivity index (χ4n) is 2.29. The van der Waals surface area contributed by atoms with Gasteiger partial charge in [-0.2, -0.15) is 13.2 Å². The number of nitrogens with zero attached hydrogens (tertiary/aromatic N) is 1. The maximum atomic E-state index is 12.7. The monoisotopic (exact) mass is 275 g/mol. The zero-order valence-electron chi connectivity index (χ0n) is 10.6. The largest absolute Gasteiger partial charge is 0.416 e. The number of halogens is 3. The number of alkyl halides is 3. The molecule has 2 aromatic carbocycles. The molecule has 0 fully saturated rings. The highest BCUT2D eigenvalue weighted by atomic mass is 19.4. The van der Waals surface area contributed by atoms with Crippen molar-refractivity contribution in [1.82, 2.24) is 4.57 Å². The molecule has 1 aromatic heterocycles. The third-order valence-corrected chi connectivity index (χ3v) is 3.29. The Morgan fingerprint density at radius 1 is 0.900 bits per heavy atom. The highest BCUT2D eigenvalue weighted by Gasteiger charge is 2.30. The molecule has 0 amide bonds. The van der Waals surface area contributed by atoms with Crippen molar-refractivity contribution >= 4 is 10.9 Å². The quantitative estimate of drug-likeness (QED) is 0.638. The van der Waals surface area contributed by atoms with Crippen LogP contribution in [0.2, 0.25) is 0 Å². The van der Waals surface area contributed by atoms with E-state index in [4.69, 9.17) is 0 Å². The predicted octanol–water partition coefficient (Wildman–Crippen LogP) is 4.71. The van der Waals surface area contributed by atoms with Gasteiger partial charge in [0.25, 0.3) is 0 Å². The third kappa shape index (κ3) is 2.41. The van der Waals surface area contributed by atoms with Gasteiger partial charge in [0, 0.05) is 23.6 Å². The van der Waals surface area contributed by atoms with Crippen LogP contribution in [0.15, 0.2) is 60.8 Å². The molecule has 0 N–H and O–H groups in total. The molecule has 0 saturated heterocycles. The van der Waals surface area contributed by atoms with Crippen LogP contribution >= 0.6 is 0 Å². The Morgan fingerprint density at radius 3 is 2.35 bits per heavy atom. The van der Waals surface area contributed by atoms with Gasteiger partial charge in [-0.1, -0.05) is 30.3 Å². The topological polar surface area (TPSA) is 4.93 Å². The van der Waals surface area contributed by atoms with E-state index in [-0.39, 0.29) is 0 Å². The van der Waals surface area contributed by atoms with Crippen molar-refractivity contribution in [1.29, 1.82) is 0 Å². The predicted molar refractivity (Wildman–Crippen MR) is 72.5 cm³/mol. The van der Waals surface area contributed by atoms with Crippen molar-refractivity contribution in [2.75, 3.05) is 0 Å². The summed E-state index contributed by atoms with van der Waals surface area (Å²) < 4.78 is 39.9. The van der Waals surface area contributed by atoms with E-state index in [1.54, 1.807) is 6.07 Å². The second-order valence-electron chi connectivity index (χ2n) is 4.70. The number of hydrogen-bond acceptors (Lipinski definition) is 0. The van der Waals surface area contributed by atoms with Crippen molar-refractivity contribution in [3.63, 3.8) is 0 Å². The smallest absolute Gasteiger partial charge is 0.343 e. The van der Waals surface area contributed by atoms with E-state index in [1.807, 2.05) is 41.1 Å². The number of benzene rings is 2. The minimum Gasteiger partial charge on any atom is -0.343 e. The van der Waals surface area contributed by atoms with E-state index in [2.05, 4.69) is 0 Å². The van der Waals surface area contributed by atoms with Crippen LogP contribution in [0.3, 0.4) is 0 Å².